The number of nitrogens with zero attached hydrogens (tertiary/aromatic N) is 1. The van der Waals surface area contributed by atoms with Gasteiger partial charge in [-0.2, -0.15) is 0 Å². The van der Waals surface area contributed by atoms with Crippen LogP contribution in [0.2, 0.25) is 0 Å². The molecule has 8 heteroatoms. The fourth-order valence-corrected chi connectivity index (χ4v) is 2.73. The van der Waals surface area contributed by atoms with Crippen molar-refractivity contribution in [3.63, 3.8) is 0 Å². The lowest BCUT2D eigenvalue weighted by atomic mass is 10.1. The zero-order chi connectivity index (χ0) is 20.8. The Labute approximate surface area is 167 Å². The van der Waals surface area contributed by atoms with Gasteiger partial charge in [0, 0.05) is 29.8 Å². The number of carbonyl (C=O) groups excluding carboxylic acids is 2. The van der Waals surface area contributed by atoms with E-state index in [1.807, 2.05) is 12.1 Å². The lowest BCUT2D eigenvalue weighted by molar-refractivity contribution is -0.118. The molecule has 1 heterocycles. The number of methoxy groups -OCH3 is 1. The van der Waals surface area contributed by atoms with E-state index in [0.29, 0.717) is 17.1 Å². The van der Waals surface area contributed by atoms with Crippen LogP contribution in [0.3, 0.4) is 0 Å². The van der Waals surface area contributed by atoms with Gasteiger partial charge in [0.1, 0.15) is 17.5 Å². The first-order chi connectivity index (χ1) is 14.0. The first kappa shape index (κ1) is 20.0. The number of carbonyl (C=O) groups is 2. The maximum atomic E-state index is 12.6. The van der Waals surface area contributed by atoms with Gasteiger partial charge in [0.05, 0.1) is 19.3 Å². The Morgan fingerprint density at radius 2 is 1.86 bits per heavy atom. The molecule has 150 valence electrons. The van der Waals surface area contributed by atoms with Crippen LogP contribution in [0, 0.1) is 0 Å². The van der Waals surface area contributed by atoms with Crippen molar-refractivity contribution in [2.75, 3.05) is 19.0 Å². The first-order valence-electron chi connectivity index (χ1n) is 8.85. The van der Waals surface area contributed by atoms with Crippen molar-refractivity contribution in [3.8, 4) is 17.2 Å². The number of ether oxygens (including phenoxy) is 1. The van der Waals surface area contributed by atoms with E-state index in [4.69, 9.17) is 4.74 Å². The molecule has 1 atom stereocenters. The highest BCUT2D eigenvalue weighted by Crippen LogP contribution is 2.21. The third-order valence-corrected chi connectivity index (χ3v) is 4.27. The molecule has 0 bridgehead atoms. The zero-order valence-electron chi connectivity index (χ0n) is 15.7. The number of phenols is 1. The van der Waals surface area contributed by atoms with Gasteiger partial charge in [-0.3, -0.25) is 9.59 Å². The van der Waals surface area contributed by atoms with Crippen molar-refractivity contribution in [2.24, 2.45) is 0 Å². The van der Waals surface area contributed by atoms with Gasteiger partial charge >= 0.3 is 0 Å². The Balaban J connectivity index is 1.74. The summed E-state index contributed by atoms with van der Waals surface area (Å²) < 4.78 is 6.87. The van der Waals surface area contributed by atoms with E-state index in [-0.39, 0.29) is 11.3 Å². The molecule has 0 fully saturated rings. The van der Waals surface area contributed by atoms with E-state index in [2.05, 4.69) is 10.6 Å². The topological polar surface area (TPSA) is 113 Å². The summed E-state index contributed by atoms with van der Waals surface area (Å²) in [6.45, 7) is -0.612. The summed E-state index contributed by atoms with van der Waals surface area (Å²) in [7, 11) is 1.51. The Morgan fingerprint density at radius 3 is 2.55 bits per heavy atom. The van der Waals surface area contributed by atoms with E-state index in [1.54, 1.807) is 47.3 Å². The van der Waals surface area contributed by atoms with Crippen LogP contribution in [0.15, 0.2) is 67.0 Å². The first-order valence-corrected chi connectivity index (χ1v) is 8.85. The molecule has 0 aliphatic rings. The molecule has 2 amide bonds. The minimum atomic E-state index is -1.21. The van der Waals surface area contributed by atoms with E-state index in [0.717, 1.165) is 0 Å². The molecule has 0 aliphatic heterocycles. The van der Waals surface area contributed by atoms with Crippen LogP contribution in [-0.2, 0) is 4.79 Å². The normalized spacial score (nSPS) is 11.5. The monoisotopic (exact) mass is 395 g/mol. The number of hydrogen-bond acceptors (Lipinski definition) is 5. The van der Waals surface area contributed by atoms with Gasteiger partial charge < -0.3 is 30.2 Å². The largest absolute Gasteiger partial charge is 0.507 e. The van der Waals surface area contributed by atoms with Crippen molar-refractivity contribution in [1.29, 1.82) is 0 Å². The fourth-order valence-electron chi connectivity index (χ4n) is 2.73. The number of phenolic OH excluding ortho intramolecular Hbond substituents is 1. The minimum absolute atomic E-state index is 0.0103. The van der Waals surface area contributed by atoms with Crippen LogP contribution in [-0.4, -0.2) is 46.4 Å². The minimum Gasteiger partial charge on any atom is -0.507 e. The number of anilines is 1. The summed E-state index contributed by atoms with van der Waals surface area (Å²) in [6.07, 6.45) is 3.60. The molecule has 1 aromatic heterocycles. The lowest BCUT2D eigenvalue weighted by Gasteiger charge is -2.17. The SMILES string of the molecule is COc1cccc(NC(=O)[C@H](CO)NC(=O)c2cc(-n3cccc3)ccc2O)c1. The van der Waals surface area contributed by atoms with Gasteiger partial charge in [-0.15, -0.1) is 0 Å². The molecule has 29 heavy (non-hydrogen) atoms. The van der Waals surface area contributed by atoms with Gasteiger partial charge in [-0.25, -0.2) is 0 Å². The zero-order valence-corrected chi connectivity index (χ0v) is 15.7. The van der Waals surface area contributed by atoms with Crippen molar-refractivity contribution >= 4 is 17.5 Å². The number of aromatic nitrogens is 1. The Morgan fingerprint density at radius 1 is 1.10 bits per heavy atom. The number of hydrogen-bond donors (Lipinski definition) is 4. The summed E-state index contributed by atoms with van der Waals surface area (Å²) in [4.78, 5) is 25.1. The Kier molecular flexibility index (Phi) is 6.16. The second-order valence-electron chi connectivity index (χ2n) is 6.22. The van der Waals surface area contributed by atoms with Crippen molar-refractivity contribution in [2.45, 2.75) is 6.04 Å². The lowest BCUT2D eigenvalue weighted by Crippen LogP contribution is -2.46. The molecule has 2 aromatic carbocycles. The molecule has 0 unspecified atom stereocenters. The molecular formula is C21H21N3O5. The van der Waals surface area contributed by atoms with Gasteiger partial charge in [-0.1, -0.05) is 6.07 Å². The average Bonchev–Trinajstić information content (AvgIpc) is 3.27. The molecule has 4 N–H and O–H groups in total. The highest BCUT2D eigenvalue weighted by atomic mass is 16.5. The molecular weight excluding hydrogens is 374 g/mol. The molecule has 0 saturated carbocycles. The highest BCUT2D eigenvalue weighted by Gasteiger charge is 2.22. The summed E-state index contributed by atoms with van der Waals surface area (Å²) >= 11 is 0. The second kappa shape index (κ2) is 8.94. The number of nitrogens with one attached hydrogen (secondary N) is 2. The van der Waals surface area contributed by atoms with Crippen LogP contribution < -0.4 is 15.4 Å². The van der Waals surface area contributed by atoms with Gasteiger partial charge in [0.25, 0.3) is 5.91 Å². The number of aliphatic hydroxyl groups excluding tert-OH is 1. The number of aromatic hydroxyl groups is 1. The smallest absolute Gasteiger partial charge is 0.255 e. The molecule has 8 nitrogen and oxygen atoms in total. The van der Waals surface area contributed by atoms with Crippen molar-refractivity contribution in [3.05, 3.63) is 72.6 Å². The Bertz CT molecular complexity index is 1000. The third-order valence-electron chi connectivity index (χ3n) is 4.27. The van der Waals surface area contributed by atoms with E-state index >= 15 is 0 Å². The number of amides is 2. The molecule has 0 spiro atoms. The number of benzene rings is 2. The van der Waals surface area contributed by atoms with Crippen molar-refractivity contribution < 1.29 is 24.5 Å². The number of aliphatic hydroxyl groups is 1. The van der Waals surface area contributed by atoms with Crippen molar-refractivity contribution in [1.82, 2.24) is 9.88 Å². The predicted octanol–water partition coefficient (Wildman–Crippen LogP) is 1.92. The highest BCUT2D eigenvalue weighted by molar-refractivity contribution is 6.02. The van der Waals surface area contributed by atoms with Crippen LogP contribution in [0.25, 0.3) is 5.69 Å². The molecule has 0 aliphatic carbocycles. The maximum Gasteiger partial charge on any atom is 0.255 e. The van der Waals surface area contributed by atoms with Crippen LogP contribution in [0.1, 0.15) is 10.4 Å². The fraction of sp³-hybridized carbons (Fsp3) is 0.143. The summed E-state index contributed by atoms with van der Waals surface area (Å²) in [6, 6.07) is 13.7. The maximum absolute atomic E-state index is 12.6. The van der Waals surface area contributed by atoms with E-state index < -0.39 is 24.5 Å². The quantitative estimate of drug-likeness (QED) is 0.488. The predicted molar refractivity (Wildman–Crippen MR) is 107 cm³/mol. The Hall–Kier alpha value is -3.78. The molecule has 3 aromatic rings. The van der Waals surface area contributed by atoms with E-state index in [1.165, 1.54) is 19.2 Å². The van der Waals surface area contributed by atoms with Crippen LogP contribution in [0.5, 0.6) is 11.5 Å². The van der Waals surface area contributed by atoms with Crippen LogP contribution in [0.4, 0.5) is 5.69 Å². The van der Waals surface area contributed by atoms with E-state index in [9.17, 15) is 19.8 Å². The number of rotatable bonds is 7. The van der Waals surface area contributed by atoms with Crippen LogP contribution >= 0.6 is 0 Å². The molecule has 0 saturated heterocycles. The summed E-state index contributed by atoms with van der Waals surface area (Å²) in [5, 5.41) is 24.7. The third kappa shape index (κ3) is 4.74. The average molecular weight is 395 g/mol. The van der Waals surface area contributed by atoms with Gasteiger partial charge in [0.2, 0.25) is 5.91 Å². The van der Waals surface area contributed by atoms with Gasteiger partial charge in [0.15, 0.2) is 0 Å². The molecule has 0 radical (unpaired) electrons. The standard InChI is InChI=1S/C21H21N3O5/c1-29-16-6-4-5-14(11-16)22-21(28)18(13-25)23-20(27)17-12-15(7-8-19(17)26)24-9-2-3-10-24/h2-12,18,25-26H,13H2,1H3,(H,22,28)(H,23,27)/t18-/m0/s1. The summed E-state index contributed by atoms with van der Waals surface area (Å²) in [5.74, 6) is -0.964. The molecule has 3 rings (SSSR count). The second-order valence-corrected chi connectivity index (χ2v) is 6.22. The summed E-state index contributed by atoms with van der Waals surface area (Å²) in [5.41, 5.74) is 1.11. The van der Waals surface area contributed by atoms with Gasteiger partial charge in [-0.05, 0) is 42.5 Å².